The number of nitrogens with two attached hydrogens (primary N) is 1. The Morgan fingerprint density at radius 3 is 2.84 bits per heavy atom. The van der Waals surface area contributed by atoms with Gasteiger partial charge in [0.2, 0.25) is 0 Å². The molecule has 0 spiro atoms. The molecule has 0 bridgehead atoms. The Bertz CT molecular complexity index is 450. The Kier molecular flexibility index (Phi) is 5.36. The van der Waals surface area contributed by atoms with Crippen LogP contribution >= 0.6 is 0 Å². The van der Waals surface area contributed by atoms with Crippen molar-refractivity contribution in [2.24, 2.45) is 0 Å². The van der Waals surface area contributed by atoms with Crippen LogP contribution in [-0.2, 0) is 4.74 Å². The van der Waals surface area contributed by atoms with Gasteiger partial charge in [0.15, 0.2) is 0 Å². The minimum atomic E-state index is -0.467. The minimum absolute atomic E-state index is 0.400. The predicted molar refractivity (Wildman–Crippen MR) is 76.5 cm³/mol. The lowest BCUT2D eigenvalue weighted by atomic mass is 10.2. The van der Waals surface area contributed by atoms with Crippen molar-refractivity contribution in [3.63, 3.8) is 0 Å². The van der Waals surface area contributed by atoms with Crippen LogP contribution in [0.15, 0.2) is 24.3 Å². The third kappa shape index (κ3) is 7.08. The van der Waals surface area contributed by atoms with Gasteiger partial charge in [-0.1, -0.05) is 12.1 Å². The molecule has 0 saturated heterocycles. The summed E-state index contributed by atoms with van der Waals surface area (Å²) in [5.41, 5.74) is 5.91. The maximum Gasteiger partial charge on any atom is 0.407 e. The maximum atomic E-state index is 11.4. The topological polar surface area (TPSA) is 77.2 Å². The molecule has 1 amide bonds. The molecule has 0 radical (unpaired) electrons. The van der Waals surface area contributed by atoms with Crippen LogP contribution < -0.4 is 11.1 Å². The number of aromatic nitrogens is 1. The number of hydrogen-bond donors (Lipinski definition) is 2. The zero-order valence-electron chi connectivity index (χ0n) is 11.6. The first-order valence-corrected chi connectivity index (χ1v) is 6.23. The van der Waals surface area contributed by atoms with E-state index in [9.17, 15) is 4.79 Å². The monoisotopic (exact) mass is 263 g/mol. The summed E-state index contributed by atoms with van der Waals surface area (Å²) in [4.78, 5) is 15.5. The standard InChI is InChI=1S/C14H21N3O2/c1-14(2,3)19-13(18)16-10-5-4-7-11-8-6-9-12(15)17-11/h4,6-9H,5,10H2,1-3H3,(H2,15,17)(H,16,18). The van der Waals surface area contributed by atoms with Gasteiger partial charge in [-0.2, -0.15) is 0 Å². The maximum absolute atomic E-state index is 11.4. The first-order chi connectivity index (χ1) is 8.87. The van der Waals surface area contributed by atoms with Crippen LogP contribution in [0.1, 0.15) is 32.9 Å². The van der Waals surface area contributed by atoms with Gasteiger partial charge in [0.25, 0.3) is 0 Å². The van der Waals surface area contributed by atoms with Crippen molar-refractivity contribution in [1.82, 2.24) is 10.3 Å². The molecule has 1 aromatic rings. The molecule has 5 heteroatoms. The van der Waals surface area contributed by atoms with Gasteiger partial charge < -0.3 is 15.8 Å². The molecule has 3 N–H and O–H groups in total. The van der Waals surface area contributed by atoms with Crippen molar-refractivity contribution in [3.05, 3.63) is 30.0 Å². The van der Waals surface area contributed by atoms with Gasteiger partial charge in [-0.15, -0.1) is 0 Å². The van der Waals surface area contributed by atoms with E-state index in [1.54, 1.807) is 6.07 Å². The number of carbonyl (C=O) groups excluding carboxylic acids is 1. The Morgan fingerprint density at radius 2 is 2.21 bits per heavy atom. The number of alkyl carbamates (subject to hydrolysis) is 1. The van der Waals surface area contributed by atoms with E-state index in [1.807, 2.05) is 45.1 Å². The highest BCUT2D eigenvalue weighted by atomic mass is 16.6. The number of nitrogens with one attached hydrogen (secondary N) is 1. The van der Waals surface area contributed by atoms with Crippen molar-refractivity contribution in [3.8, 4) is 0 Å². The molecule has 0 fully saturated rings. The van der Waals surface area contributed by atoms with Crippen LogP contribution in [0.2, 0.25) is 0 Å². The van der Waals surface area contributed by atoms with Gasteiger partial charge in [-0.25, -0.2) is 9.78 Å². The second-order valence-corrected chi connectivity index (χ2v) is 5.11. The fraction of sp³-hybridized carbons (Fsp3) is 0.429. The quantitative estimate of drug-likeness (QED) is 0.818. The number of pyridine rings is 1. The number of amides is 1. The van der Waals surface area contributed by atoms with E-state index < -0.39 is 11.7 Å². The Labute approximate surface area is 113 Å². The molecule has 1 heterocycles. The highest BCUT2D eigenvalue weighted by Gasteiger charge is 2.14. The smallest absolute Gasteiger partial charge is 0.407 e. The highest BCUT2D eigenvalue weighted by molar-refractivity contribution is 5.67. The van der Waals surface area contributed by atoms with Crippen LogP contribution in [0.3, 0.4) is 0 Å². The summed E-state index contributed by atoms with van der Waals surface area (Å²) in [5.74, 6) is 0.494. The lowest BCUT2D eigenvalue weighted by Gasteiger charge is -2.19. The van der Waals surface area contributed by atoms with Crippen molar-refractivity contribution >= 4 is 18.0 Å². The molecule has 0 aromatic carbocycles. The molecule has 1 aromatic heterocycles. The van der Waals surface area contributed by atoms with Crippen molar-refractivity contribution < 1.29 is 9.53 Å². The predicted octanol–water partition coefficient (Wildman–Crippen LogP) is 2.59. The van der Waals surface area contributed by atoms with E-state index in [-0.39, 0.29) is 0 Å². The summed E-state index contributed by atoms with van der Waals surface area (Å²) >= 11 is 0. The fourth-order valence-corrected chi connectivity index (χ4v) is 1.34. The van der Waals surface area contributed by atoms with E-state index in [4.69, 9.17) is 10.5 Å². The molecule has 0 aliphatic rings. The van der Waals surface area contributed by atoms with Gasteiger partial charge in [-0.3, -0.25) is 0 Å². The summed E-state index contributed by atoms with van der Waals surface area (Å²) in [7, 11) is 0. The van der Waals surface area contributed by atoms with E-state index in [1.165, 1.54) is 0 Å². The first-order valence-electron chi connectivity index (χ1n) is 6.23. The number of nitrogens with zero attached hydrogens (tertiary/aromatic N) is 1. The summed E-state index contributed by atoms with van der Waals surface area (Å²) in [6.07, 6.45) is 4.10. The second kappa shape index (κ2) is 6.78. The Balaban J connectivity index is 2.26. The summed E-state index contributed by atoms with van der Waals surface area (Å²) in [6, 6.07) is 5.45. The molecule has 0 atom stereocenters. The number of rotatable bonds is 4. The molecule has 104 valence electrons. The average Bonchev–Trinajstić information content (AvgIpc) is 2.26. The summed E-state index contributed by atoms with van der Waals surface area (Å²) in [6.45, 7) is 6.02. The van der Waals surface area contributed by atoms with Crippen molar-refractivity contribution in [2.75, 3.05) is 12.3 Å². The van der Waals surface area contributed by atoms with Gasteiger partial charge in [0.05, 0.1) is 5.69 Å². The molecule has 0 saturated carbocycles. The molecule has 0 unspecified atom stereocenters. The van der Waals surface area contributed by atoms with E-state index in [0.717, 1.165) is 5.69 Å². The number of hydrogen-bond acceptors (Lipinski definition) is 4. The number of nitrogen functional groups attached to an aromatic ring is 1. The molecule has 0 aliphatic heterocycles. The van der Waals surface area contributed by atoms with Crippen molar-refractivity contribution in [2.45, 2.75) is 32.8 Å². The average molecular weight is 263 g/mol. The third-order valence-corrected chi connectivity index (χ3v) is 2.06. The SMILES string of the molecule is CC(C)(C)OC(=O)NCCC=Cc1cccc(N)n1. The molecule has 19 heavy (non-hydrogen) atoms. The Morgan fingerprint density at radius 1 is 1.47 bits per heavy atom. The molecular weight excluding hydrogens is 242 g/mol. The third-order valence-electron chi connectivity index (χ3n) is 2.06. The van der Waals surface area contributed by atoms with E-state index in [2.05, 4.69) is 10.3 Å². The summed E-state index contributed by atoms with van der Waals surface area (Å²) in [5, 5.41) is 2.68. The van der Waals surface area contributed by atoms with Crippen molar-refractivity contribution in [1.29, 1.82) is 0 Å². The van der Waals surface area contributed by atoms with Crippen LogP contribution in [0.25, 0.3) is 6.08 Å². The number of ether oxygens (including phenoxy) is 1. The van der Waals surface area contributed by atoms with Gasteiger partial charge in [0.1, 0.15) is 11.4 Å². The van der Waals surface area contributed by atoms with Crippen LogP contribution in [-0.4, -0.2) is 23.2 Å². The lowest BCUT2D eigenvalue weighted by molar-refractivity contribution is 0.0529. The van der Waals surface area contributed by atoms with Gasteiger partial charge in [0, 0.05) is 6.54 Å². The fourth-order valence-electron chi connectivity index (χ4n) is 1.34. The van der Waals surface area contributed by atoms with E-state index in [0.29, 0.717) is 18.8 Å². The largest absolute Gasteiger partial charge is 0.444 e. The number of carbonyl (C=O) groups is 1. The number of anilines is 1. The Hall–Kier alpha value is -2.04. The minimum Gasteiger partial charge on any atom is -0.444 e. The lowest BCUT2D eigenvalue weighted by Crippen LogP contribution is -2.32. The molecule has 1 rings (SSSR count). The zero-order valence-corrected chi connectivity index (χ0v) is 11.6. The van der Waals surface area contributed by atoms with Crippen LogP contribution in [0.5, 0.6) is 0 Å². The van der Waals surface area contributed by atoms with Gasteiger partial charge in [-0.05, 0) is 45.4 Å². The van der Waals surface area contributed by atoms with Gasteiger partial charge >= 0.3 is 6.09 Å². The normalized spacial score (nSPS) is 11.5. The highest BCUT2D eigenvalue weighted by Crippen LogP contribution is 2.06. The molecular formula is C14H21N3O2. The van der Waals surface area contributed by atoms with Crippen LogP contribution in [0.4, 0.5) is 10.6 Å². The van der Waals surface area contributed by atoms with E-state index >= 15 is 0 Å². The summed E-state index contributed by atoms with van der Waals surface area (Å²) < 4.78 is 5.12. The first kappa shape index (κ1) is 15.0. The van der Waals surface area contributed by atoms with Crippen LogP contribution in [0, 0.1) is 0 Å². The second-order valence-electron chi connectivity index (χ2n) is 5.11. The zero-order chi connectivity index (χ0) is 14.3. The molecule has 5 nitrogen and oxygen atoms in total. The molecule has 0 aliphatic carbocycles.